The Hall–Kier alpha value is -2.53. The number of piperidine rings is 1. The standard InChI is InChI=1S/C20H20ClF3N4O4/c21-16-15(18(30)26-4-3-13(14(29)9-26)27-5-6-32-19(27)31)25-17-12(20(22,23)24)7-11(8-28(16)17)10-1-2-10/h7-8,10,13-14,29H,1-6,9H2/t13-,14+/m1/s1. The van der Waals surface area contributed by atoms with Gasteiger partial charge < -0.3 is 14.7 Å². The predicted molar refractivity (Wildman–Crippen MR) is 106 cm³/mol. The van der Waals surface area contributed by atoms with Crippen molar-refractivity contribution in [2.75, 3.05) is 26.2 Å². The number of aliphatic hydroxyl groups is 1. The molecule has 1 aliphatic carbocycles. The Morgan fingerprint density at radius 2 is 2.00 bits per heavy atom. The van der Waals surface area contributed by atoms with Crippen LogP contribution in [0.2, 0.25) is 5.15 Å². The fraction of sp³-hybridized carbons (Fsp3) is 0.550. The van der Waals surface area contributed by atoms with Gasteiger partial charge >= 0.3 is 12.3 Å². The SMILES string of the molecule is O=C(c1nc2c(C(F)(F)F)cc(C3CC3)cn2c1Cl)N1CC[C@@H](N2CCOC2=O)[C@@H](O)C1. The van der Waals surface area contributed by atoms with E-state index in [1.54, 1.807) is 0 Å². The summed E-state index contributed by atoms with van der Waals surface area (Å²) in [7, 11) is 0. The molecule has 2 saturated heterocycles. The Balaban J connectivity index is 1.44. The van der Waals surface area contributed by atoms with E-state index < -0.39 is 41.5 Å². The summed E-state index contributed by atoms with van der Waals surface area (Å²) in [5, 5.41) is 10.3. The molecule has 0 radical (unpaired) electrons. The number of carbonyl (C=O) groups is 2. The first kappa shape index (κ1) is 21.3. The number of aliphatic hydroxyl groups excluding tert-OH is 1. The Morgan fingerprint density at radius 1 is 1.25 bits per heavy atom. The van der Waals surface area contributed by atoms with Gasteiger partial charge in [0.15, 0.2) is 11.3 Å². The second-order valence-corrected chi connectivity index (χ2v) is 8.74. The molecule has 3 aliphatic rings. The van der Waals surface area contributed by atoms with Gasteiger partial charge in [0.05, 0.1) is 24.3 Å². The van der Waals surface area contributed by atoms with Crippen LogP contribution in [0.15, 0.2) is 12.3 Å². The number of carbonyl (C=O) groups excluding carboxylic acids is 2. The molecular formula is C20H20ClF3N4O4. The van der Waals surface area contributed by atoms with Crippen molar-refractivity contribution in [1.29, 1.82) is 0 Å². The van der Waals surface area contributed by atoms with Gasteiger partial charge in [-0.25, -0.2) is 9.78 Å². The largest absolute Gasteiger partial charge is 0.448 e. The topological polar surface area (TPSA) is 87.4 Å². The fourth-order valence-corrected chi connectivity index (χ4v) is 4.70. The Bertz CT molecular complexity index is 1100. The Kier molecular flexibility index (Phi) is 5.01. The predicted octanol–water partition coefficient (Wildman–Crippen LogP) is 2.91. The molecule has 4 heterocycles. The molecule has 3 fully saturated rings. The number of alkyl halides is 3. The van der Waals surface area contributed by atoms with E-state index in [-0.39, 0.29) is 36.5 Å². The summed E-state index contributed by atoms with van der Waals surface area (Å²) in [4.78, 5) is 31.6. The van der Waals surface area contributed by atoms with Crippen molar-refractivity contribution in [3.05, 3.63) is 34.2 Å². The molecule has 2 aromatic rings. The van der Waals surface area contributed by atoms with Crippen LogP contribution in [0, 0.1) is 0 Å². The number of hydrogen-bond donors (Lipinski definition) is 1. The first-order chi connectivity index (χ1) is 15.1. The summed E-state index contributed by atoms with van der Waals surface area (Å²) in [6.45, 7) is 0.688. The molecule has 8 nitrogen and oxygen atoms in total. The smallest absolute Gasteiger partial charge is 0.419 e. The number of cyclic esters (lactones) is 1. The summed E-state index contributed by atoms with van der Waals surface area (Å²) in [6.07, 6.45) is -2.78. The lowest BCUT2D eigenvalue weighted by Crippen LogP contribution is -2.55. The molecule has 2 amide bonds. The molecule has 0 unspecified atom stereocenters. The number of halogens is 4. The zero-order chi connectivity index (χ0) is 22.8. The average molecular weight is 473 g/mol. The molecule has 0 bridgehead atoms. The number of pyridine rings is 1. The van der Waals surface area contributed by atoms with Crippen molar-refractivity contribution in [2.24, 2.45) is 0 Å². The van der Waals surface area contributed by atoms with Crippen LogP contribution in [0.4, 0.5) is 18.0 Å². The van der Waals surface area contributed by atoms with Gasteiger partial charge in [0.25, 0.3) is 5.91 Å². The highest BCUT2D eigenvalue weighted by atomic mass is 35.5. The van der Waals surface area contributed by atoms with E-state index in [4.69, 9.17) is 16.3 Å². The van der Waals surface area contributed by atoms with Gasteiger partial charge in [-0.05, 0) is 36.8 Å². The first-order valence-corrected chi connectivity index (χ1v) is 10.7. The van der Waals surface area contributed by atoms with Gasteiger partial charge in [0.1, 0.15) is 11.8 Å². The van der Waals surface area contributed by atoms with E-state index in [0.717, 1.165) is 23.3 Å². The van der Waals surface area contributed by atoms with Crippen molar-refractivity contribution >= 4 is 29.2 Å². The maximum absolute atomic E-state index is 13.7. The van der Waals surface area contributed by atoms with Gasteiger partial charge in [-0.1, -0.05) is 11.6 Å². The van der Waals surface area contributed by atoms with Crippen molar-refractivity contribution in [2.45, 2.75) is 43.5 Å². The minimum Gasteiger partial charge on any atom is -0.448 e. The third-order valence-electron chi connectivity index (χ3n) is 6.27. The van der Waals surface area contributed by atoms with Gasteiger partial charge in [0, 0.05) is 19.3 Å². The van der Waals surface area contributed by atoms with Crippen LogP contribution >= 0.6 is 11.6 Å². The third-order valence-corrected chi connectivity index (χ3v) is 6.63. The van der Waals surface area contributed by atoms with Gasteiger partial charge in [-0.3, -0.25) is 14.1 Å². The summed E-state index contributed by atoms with van der Waals surface area (Å²) < 4.78 is 47.1. The number of imidazole rings is 1. The number of rotatable bonds is 3. The van der Waals surface area contributed by atoms with Crippen molar-refractivity contribution in [3.8, 4) is 0 Å². The summed E-state index contributed by atoms with van der Waals surface area (Å²) in [5.74, 6) is -0.620. The van der Waals surface area contributed by atoms with E-state index in [0.29, 0.717) is 18.5 Å². The van der Waals surface area contributed by atoms with Gasteiger partial charge in [-0.2, -0.15) is 13.2 Å². The van der Waals surface area contributed by atoms with Crippen LogP contribution in [0.25, 0.3) is 5.65 Å². The van der Waals surface area contributed by atoms with Crippen LogP contribution in [-0.4, -0.2) is 74.7 Å². The van der Waals surface area contributed by atoms with Crippen LogP contribution in [0.5, 0.6) is 0 Å². The van der Waals surface area contributed by atoms with Gasteiger partial charge in [0.2, 0.25) is 0 Å². The van der Waals surface area contributed by atoms with Crippen LogP contribution in [0.3, 0.4) is 0 Å². The van der Waals surface area contributed by atoms with E-state index in [1.165, 1.54) is 16.0 Å². The molecule has 1 N–H and O–H groups in total. The summed E-state index contributed by atoms with van der Waals surface area (Å²) in [6, 6.07) is 0.582. The first-order valence-electron chi connectivity index (χ1n) is 10.3. The molecule has 2 atom stereocenters. The van der Waals surface area contributed by atoms with Crippen LogP contribution in [0.1, 0.15) is 46.8 Å². The maximum Gasteiger partial charge on any atom is 0.419 e. The quantitative estimate of drug-likeness (QED) is 0.742. The Labute approximate surface area is 185 Å². The minimum atomic E-state index is -4.65. The molecule has 0 spiro atoms. The highest BCUT2D eigenvalue weighted by Crippen LogP contribution is 2.43. The maximum atomic E-state index is 13.7. The summed E-state index contributed by atoms with van der Waals surface area (Å²) >= 11 is 6.33. The number of ether oxygens (including phenoxy) is 1. The molecule has 2 aromatic heterocycles. The number of amides is 2. The van der Waals surface area contributed by atoms with E-state index in [1.807, 2.05) is 0 Å². The average Bonchev–Trinajstić information content (AvgIpc) is 3.43. The molecule has 12 heteroatoms. The molecule has 1 saturated carbocycles. The van der Waals surface area contributed by atoms with Crippen LogP contribution in [-0.2, 0) is 10.9 Å². The Morgan fingerprint density at radius 3 is 2.59 bits per heavy atom. The number of fused-ring (bicyclic) bond motifs is 1. The minimum absolute atomic E-state index is 0.0459. The van der Waals surface area contributed by atoms with Gasteiger partial charge in [-0.15, -0.1) is 0 Å². The molecule has 32 heavy (non-hydrogen) atoms. The number of aromatic nitrogens is 2. The van der Waals surface area contributed by atoms with Crippen molar-refractivity contribution in [1.82, 2.24) is 19.2 Å². The lowest BCUT2D eigenvalue weighted by molar-refractivity contribution is -0.136. The molecule has 0 aromatic carbocycles. The highest BCUT2D eigenvalue weighted by Gasteiger charge is 2.41. The lowest BCUT2D eigenvalue weighted by atomic mass is 10.00. The monoisotopic (exact) mass is 472 g/mol. The number of likely N-dealkylation sites (tertiary alicyclic amines) is 1. The number of hydrogen-bond acceptors (Lipinski definition) is 5. The summed E-state index contributed by atoms with van der Waals surface area (Å²) in [5.41, 5.74) is -1.15. The zero-order valence-corrected chi connectivity index (χ0v) is 17.6. The second kappa shape index (κ2) is 7.51. The normalized spacial score (nSPS) is 24.3. The third kappa shape index (κ3) is 3.57. The van der Waals surface area contributed by atoms with Crippen LogP contribution < -0.4 is 0 Å². The van der Waals surface area contributed by atoms with Crippen molar-refractivity contribution in [3.63, 3.8) is 0 Å². The number of β-amino-alcohol motifs (C(OH)–C–C–N with tert-alkyl or cyclic N) is 1. The van der Waals surface area contributed by atoms with E-state index in [9.17, 15) is 27.9 Å². The lowest BCUT2D eigenvalue weighted by Gasteiger charge is -2.38. The van der Waals surface area contributed by atoms with Crippen molar-refractivity contribution < 1.29 is 32.6 Å². The molecule has 172 valence electrons. The van der Waals surface area contributed by atoms with E-state index in [2.05, 4.69) is 4.98 Å². The highest BCUT2D eigenvalue weighted by molar-refractivity contribution is 6.33. The molecule has 5 rings (SSSR count). The molecular weight excluding hydrogens is 453 g/mol. The fourth-order valence-electron chi connectivity index (χ4n) is 4.45. The zero-order valence-electron chi connectivity index (χ0n) is 16.8. The second-order valence-electron chi connectivity index (χ2n) is 8.39. The molecule has 2 aliphatic heterocycles. The number of nitrogens with zero attached hydrogens (tertiary/aromatic N) is 4. The van der Waals surface area contributed by atoms with E-state index >= 15 is 0 Å².